The number of nitrogens with one attached hydrogen (secondary N) is 1. The molecule has 0 fully saturated rings. The number of anilines is 1. The molecular formula is C17H18N2O. The van der Waals surface area contributed by atoms with Crippen LogP contribution < -0.4 is 10.1 Å². The van der Waals surface area contributed by atoms with Crippen LogP contribution in [0.2, 0.25) is 0 Å². The summed E-state index contributed by atoms with van der Waals surface area (Å²) in [6, 6.07) is 20.0. The van der Waals surface area contributed by atoms with Crippen LogP contribution in [0.1, 0.15) is 24.9 Å². The lowest BCUT2D eigenvalue weighted by molar-refractivity contribution is 0.340. The molecule has 0 aromatic heterocycles. The van der Waals surface area contributed by atoms with Crippen LogP contribution in [0.3, 0.4) is 0 Å². The third-order valence-corrected chi connectivity index (χ3v) is 3.00. The molecule has 3 nitrogen and oxygen atoms in total. The highest BCUT2D eigenvalue weighted by Crippen LogP contribution is 2.23. The van der Waals surface area contributed by atoms with Crippen LogP contribution in [0.4, 0.5) is 5.69 Å². The van der Waals surface area contributed by atoms with Crippen molar-refractivity contribution in [1.29, 1.82) is 5.26 Å². The maximum Gasteiger partial charge on any atom is 0.119 e. The second-order valence-electron chi connectivity index (χ2n) is 4.43. The number of benzene rings is 2. The molecule has 0 radical (unpaired) electrons. The van der Waals surface area contributed by atoms with E-state index in [1.165, 1.54) is 0 Å². The molecule has 2 aromatic rings. The summed E-state index contributed by atoms with van der Waals surface area (Å²) in [7, 11) is 0. The van der Waals surface area contributed by atoms with E-state index in [0.29, 0.717) is 13.0 Å². The minimum Gasteiger partial charge on any atom is -0.494 e. The Morgan fingerprint density at radius 2 is 1.80 bits per heavy atom. The van der Waals surface area contributed by atoms with Crippen molar-refractivity contribution in [2.24, 2.45) is 0 Å². The Hall–Kier alpha value is -2.47. The molecule has 1 unspecified atom stereocenters. The minimum atomic E-state index is -0.000793. The van der Waals surface area contributed by atoms with Crippen LogP contribution in [-0.2, 0) is 0 Å². The summed E-state index contributed by atoms with van der Waals surface area (Å²) >= 11 is 0. The molecule has 3 heteroatoms. The van der Waals surface area contributed by atoms with Crippen LogP contribution in [0, 0.1) is 11.3 Å². The van der Waals surface area contributed by atoms with E-state index in [2.05, 4.69) is 11.4 Å². The fourth-order valence-corrected chi connectivity index (χ4v) is 2.04. The number of nitriles is 1. The van der Waals surface area contributed by atoms with Gasteiger partial charge in [-0.3, -0.25) is 0 Å². The summed E-state index contributed by atoms with van der Waals surface area (Å²) in [6.45, 7) is 2.62. The average Bonchev–Trinajstić information content (AvgIpc) is 2.50. The number of hydrogen-bond acceptors (Lipinski definition) is 3. The lowest BCUT2D eigenvalue weighted by atomic mass is 10.0. The maximum absolute atomic E-state index is 8.98. The van der Waals surface area contributed by atoms with Crippen molar-refractivity contribution in [1.82, 2.24) is 0 Å². The molecule has 2 rings (SSSR count). The van der Waals surface area contributed by atoms with Crippen LogP contribution in [0.25, 0.3) is 0 Å². The third-order valence-electron chi connectivity index (χ3n) is 3.00. The molecule has 0 amide bonds. The Labute approximate surface area is 119 Å². The number of rotatable bonds is 6. The molecule has 0 aliphatic rings. The first-order chi connectivity index (χ1) is 9.83. The normalized spacial score (nSPS) is 11.4. The summed E-state index contributed by atoms with van der Waals surface area (Å²) in [6.07, 6.45) is 0.428. The molecule has 0 spiro atoms. The maximum atomic E-state index is 8.98. The molecule has 0 heterocycles. The fraction of sp³-hybridized carbons (Fsp3) is 0.235. The molecule has 20 heavy (non-hydrogen) atoms. The number of ether oxygens (including phenoxy) is 1. The van der Waals surface area contributed by atoms with Crippen LogP contribution in [0.5, 0.6) is 5.75 Å². The first-order valence-corrected chi connectivity index (χ1v) is 6.74. The predicted molar refractivity (Wildman–Crippen MR) is 80.6 cm³/mol. The van der Waals surface area contributed by atoms with Crippen molar-refractivity contribution in [2.45, 2.75) is 19.4 Å². The topological polar surface area (TPSA) is 45.0 Å². The van der Waals surface area contributed by atoms with Gasteiger partial charge in [-0.15, -0.1) is 0 Å². The quantitative estimate of drug-likeness (QED) is 0.854. The van der Waals surface area contributed by atoms with Gasteiger partial charge in [-0.2, -0.15) is 5.26 Å². The molecule has 2 aromatic carbocycles. The van der Waals surface area contributed by atoms with Crippen molar-refractivity contribution in [3.8, 4) is 11.8 Å². The molecular weight excluding hydrogens is 248 g/mol. The van der Waals surface area contributed by atoms with E-state index in [-0.39, 0.29) is 6.04 Å². The van der Waals surface area contributed by atoms with E-state index in [1.54, 1.807) is 0 Å². The van der Waals surface area contributed by atoms with Gasteiger partial charge in [0.1, 0.15) is 5.75 Å². The predicted octanol–water partition coefficient (Wildman–Crippen LogP) is 4.15. The van der Waals surface area contributed by atoms with Gasteiger partial charge in [-0.25, -0.2) is 0 Å². The molecule has 1 N–H and O–H groups in total. The highest BCUT2D eigenvalue weighted by Gasteiger charge is 2.10. The lowest BCUT2D eigenvalue weighted by Gasteiger charge is -2.18. The largest absolute Gasteiger partial charge is 0.494 e. The molecule has 0 saturated carbocycles. The summed E-state index contributed by atoms with van der Waals surface area (Å²) in [5, 5.41) is 12.4. The first kappa shape index (κ1) is 14.0. The van der Waals surface area contributed by atoms with Gasteiger partial charge >= 0.3 is 0 Å². The van der Waals surface area contributed by atoms with Crippen LogP contribution in [-0.4, -0.2) is 6.61 Å². The van der Waals surface area contributed by atoms with Crippen molar-refractivity contribution >= 4 is 5.69 Å². The van der Waals surface area contributed by atoms with E-state index in [0.717, 1.165) is 17.0 Å². The van der Waals surface area contributed by atoms with E-state index in [1.807, 2.05) is 61.5 Å². The second kappa shape index (κ2) is 7.20. The van der Waals surface area contributed by atoms with Crippen molar-refractivity contribution in [3.63, 3.8) is 0 Å². The number of hydrogen-bond donors (Lipinski definition) is 1. The van der Waals surface area contributed by atoms with Gasteiger partial charge in [0.05, 0.1) is 25.1 Å². The fourth-order valence-electron chi connectivity index (χ4n) is 2.04. The van der Waals surface area contributed by atoms with Gasteiger partial charge in [-0.1, -0.05) is 30.3 Å². The van der Waals surface area contributed by atoms with Gasteiger partial charge in [0.2, 0.25) is 0 Å². The van der Waals surface area contributed by atoms with Gasteiger partial charge in [0.25, 0.3) is 0 Å². The Morgan fingerprint density at radius 3 is 2.40 bits per heavy atom. The summed E-state index contributed by atoms with van der Waals surface area (Å²) < 4.78 is 5.42. The summed E-state index contributed by atoms with van der Waals surface area (Å²) in [5.41, 5.74) is 2.10. The highest BCUT2D eigenvalue weighted by molar-refractivity contribution is 5.48. The zero-order valence-electron chi connectivity index (χ0n) is 11.5. The Balaban J connectivity index is 2.10. The summed E-state index contributed by atoms with van der Waals surface area (Å²) in [5.74, 6) is 0.856. The Kier molecular flexibility index (Phi) is 5.02. The summed E-state index contributed by atoms with van der Waals surface area (Å²) in [4.78, 5) is 0. The van der Waals surface area contributed by atoms with Gasteiger partial charge in [-0.05, 0) is 36.8 Å². The van der Waals surface area contributed by atoms with Gasteiger partial charge < -0.3 is 10.1 Å². The SMILES string of the molecule is CCOc1ccc(NC(CC#N)c2ccccc2)cc1. The van der Waals surface area contributed by atoms with Gasteiger partial charge in [0.15, 0.2) is 0 Å². The first-order valence-electron chi connectivity index (χ1n) is 6.74. The Bertz CT molecular complexity index is 558. The zero-order chi connectivity index (χ0) is 14.2. The van der Waals surface area contributed by atoms with Crippen molar-refractivity contribution in [3.05, 3.63) is 60.2 Å². The monoisotopic (exact) mass is 266 g/mol. The molecule has 0 aliphatic carbocycles. The Morgan fingerprint density at radius 1 is 1.10 bits per heavy atom. The average molecular weight is 266 g/mol. The minimum absolute atomic E-state index is 0.000793. The third kappa shape index (κ3) is 3.76. The van der Waals surface area contributed by atoms with Crippen LogP contribution >= 0.6 is 0 Å². The molecule has 102 valence electrons. The lowest BCUT2D eigenvalue weighted by Crippen LogP contribution is -2.10. The molecule has 0 saturated heterocycles. The number of nitrogens with zero attached hydrogens (tertiary/aromatic N) is 1. The van der Waals surface area contributed by atoms with E-state index in [4.69, 9.17) is 10.00 Å². The van der Waals surface area contributed by atoms with Crippen molar-refractivity contribution < 1.29 is 4.74 Å². The van der Waals surface area contributed by atoms with Gasteiger partial charge in [0, 0.05) is 5.69 Å². The zero-order valence-corrected chi connectivity index (χ0v) is 11.5. The van der Waals surface area contributed by atoms with E-state index < -0.39 is 0 Å². The standard InChI is InChI=1S/C17H18N2O/c1-2-20-16-10-8-15(9-11-16)19-17(12-13-18)14-6-4-3-5-7-14/h3-11,17,19H,2,12H2,1H3. The van der Waals surface area contributed by atoms with Crippen LogP contribution in [0.15, 0.2) is 54.6 Å². The van der Waals surface area contributed by atoms with Crippen molar-refractivity contribution in [2.75, 3.05) is 11.9 Å². The molecule has 1 atom stereocenters. The second-order valence-corrected chi connectivity index (χ2v) is 4.43. The molecule has 0 bridgehead atoms. The van der Waals surface area contributed by atoms with E-state index in [9.17, 15) is 0 Å². The smallest absolute Gasteiger partial charge is 0.119 e. The molecule has 0 aliphatic heterocycles. The highest BCUT2D eigenvalue weighted by atomic mass is 16.5. The van der Waals surface area contributed by atoms with E-state index >= 15 is 0 Å².